The van der Waals surface area contributed by atoms with Crippen LogP contribution in [0.1, 0.15) is 12.5 Å². The van der Waals surface area contributed by atoms with Gasteiger partial charge in [-0.1, -0.05) is 12.1 Å². The summed E-state index contributed by atoms with van der Waals surface area (Å²) in [5.41, 5.74) is 2.42. The molecule has 80 valence electrons. The molecule has 0 radical (unpaired) electrons. The molecule has 1 aromatic carbocycles. The minimum Gasteiger partial charge on any atom is -0.384 e. The summed E-state index contributed by atoms with van der Waals surface area (Å²) < 4.78 is 1.10. The Bertz CT molecular complexity index is 572. The summed E-state index contributed by atoms with van der Waals surface area (Å²) in [5, 5.41) is 13.3. The number of hydrogen-bond donors (Lipinski definition) is 1. The second kappa shape index (κ2) is 4.66. The summed E-state index contributed by atoms with van der Waals surface area (Å²) in [7, 11) is 0. The predicted octanol–water partition coefficient (Wildman–Crippen LogP) is 3.14. The molecule has 0 atom stereocenters. The van der Waals surface area contributed by atoms with Crippen LogP contribution in [-0.2, 0) is 0 Å². The number of fused-ring (bicyclic) bond motifs is 1. The average Bonchev–Trinajstić information content (AvgIpc) is 2.30. The van der Waals surface area contributed by atoms with Gasteiger partial charge in [-0.15, -0.1) is 0 Å². The lowest BCUT2D eigenvalue weighted by molar-refractivity contribution is 1.21. The smallest absolute Gasteiger partial charge is 0.103 e. The number of nitrogens with one attached hydrogen (secondary N) is 1. The normalized spacial score (nSPS) is 10.1. The predicted molar refractivity (Wildman–Crippen MR) is 73.3 cm³/mol. The van der Waals surface area contributed by atoms with Gasteiger partial charge in [-0.05, 0) is 35.6 Å². The SMILES string of the molecule is CCNc1c(C#N)cnc2c(I)cccc12. The lowest BCUT2D eigenvalue weighted by Crippen LogP contribution is -2.01. The van der Waals surface area contributed by atoms with Gasteiger partial charge in [0.25, 0.3) is 0 Å². The zero-order chi connectivity index (χ0) is 11.5. The largest absolute Gasteiger partial charge is 0.384 e. The topological polar surface area (TPSA) is 48.7 Å². The Hall–Kier alpha value is -1.35. The summed E-state index contributed by atoms with van der Waals surface area (Å²) in [6, 6.07) is 8.15. The number of halogens is 1. The molecule has 2 rings (SSSR count). The summed E-state index contributed by atoms with van der Waals surface area (Å²) in [6.45, 7) is 2.81. The Labute approximate surface area is 108 Å². The number of nitrogens with zero attached hydrogens (tertiary/aromatic N) is 2. The molecule has 0 aliphatic carbocycles. The summed E-state index contributed by atoms with van der Waals surface area (Å²) >= 11 is 2.25. The molecule has 0 unspecified atom stereocenters. The molecule has 0 aliphatic rings. The number of aromatic nitrogens is 1. The summed E-state index contributed by atoms with van der Waals surface area (Å²) in [6.07, 6.45) is 1.63. The molecular formula is C12H10IN3. The Morgan fingerprint density at radius 2 is 2.31 bits per heavy atom. The average molecular weight is 323 g/mol. The first-order valence-electron chi connectivity index (χ1n) is 4.99. The van der Waals surface area contributed by atoms with Gasteiger partial charge >= 0.3 is 0 Å². The zero-order valence-corrected chi connectivity index (χ0v) is 10.9. The molecular weight excluding hydrogens is 313 g/mol. The highest BCUT2D eigenvalue weighted by atomic mass is 127. The van der Waals surface area contributed by atoms with Gasteiger partial charge in [-0.2, -0.15) is 5.26 Å². The molecule has 2 aromatic rings. The van der Waals surface area contributed by atoms with Crippen molar-refractivity contribution in [1.82, 2.24) is 4.98 Å². The third kappa shape index (κ3) is 1.83. The first kappa shape index (κ1) is 11.1. The summed E-state index contributed by atoms with van der Waals surface area (Å²) in [4.78, 5) is 4.32. The fourth-order valence-corrected chi connectivity index (χ4v) is 2.28. The zero-order valence-electron chi connectivity index (χ0n) is 8.79. The van der Waals surface area contributed by atoms with Crippen LogP contribution in [0.2, 0.25) is 0 Å². The second-order valence-electron chi connectivity index (χ2n) is 3.33. The van der Waals surface area contributed by atoms with Crippen LogP contribution in [0, 0.1) is 14.9 Å². The highest BCUT2D eigenvalue weighted by Crippen LogP contribution is 2.28. The van der Waals surface area contributed by atoms with Crippen molar-refractivity contribution in [3.05, 3.63) is 33.5 Å². The number of rotatable bonds is 2. The molecule has 0 bridgehead atoms. The van der Waals surface area contributed by atoms with Crippen molar-refractivity contribution in [3.8, 4) is 6.07 Å². The van der Waals surface area contributed by atoms with Crippen molar-refractivity contribution in [2.75, 3.05) is 11.9 Å². The van der Waals surface area contributed by atoms with Crippen molar-refractivity contribution >= 4 is 39.2 Å². The Morgan fingerprint density at radius 3 is 3.00 bits per heavy atom. The van der Waals surface area contributed by atoms with E-state index in [0.717, 1.165) is 26.7 Å². The van der Waals surface area contributed by atoms with Gasteiger partial charge < -0.3 is 5.32 Å². The maximum Gasteiger partial charge on any atom is 0.103 e. The molecule has 0 aliphatic heterocycles. The molecule has 3 nitrogen and oxygen atoms in total. The third-order valence-electron chi connectivity index (χ3n) is 2.32. The second-order valence-corrected chi connectivity index (χ2v) is 4.49. The van der Waals surface area contributed by atoms with E-state index >= 15 is 0 Å². The molecule has 1 aromatic heterocycles. The maximum absolute atomic E-state index is 9.04. The van der Waals surface area contributed by atoms with Crippen molar-refractivity contribution in [3.63, 3.8) is 0 Å². The number of para-hydroxylation sites is 1. The molecule has 0 saturated heterocycles. The van der Waals surface area contributed by atoms with E-state index in [9.17, 15) is 0 Å². The minimum atomic E-state index is 0.594. The van der Waals surface area contributed by atoms with Gasteiger partial charge in [0.15, 0.2) is 0 Å². The van der Waals surface area contributed by atoms with Crippen LogP contribution < -0.4 is 5.32 Å². The highest BCUT2D eigenvalue weighted by molar-refractivity contribution is 14.1. The van der Waals surface area contributed by atoms with E-state index in [2.05, 4.69) is 39.0 Å². The number of benzene rings is 1. The number of anilines is 1. The Morgan fingerprint density at radius 1 is 1.50 bits per heavy atom. The molecule has 1 heterocycles. The highest BCUT2D eigenvalue weighted by Gasteiger charge is 2.09. The van der Waals surface area contributed by atoms with E-state index in [0.29, 0.717) is 5.56 Å². The van der Waals surface area contributed by atoms with Crippen molar-refractivity contribution in [2.45, 2.75) is 6.92 Å². The van der Waals surface area contributed by atoms with Crippen LogP contribution in [0.4, 0.5) is 5.69 Å². The van der Waals surface area contributed by atoms with Crippen LogP contribution in [0.25, 0.3) is 10.9 Å². The number of hydrogen-bond acceptors (Lipinski definition) is 3. The van der Waals surface area contributed by atoms with E-state index in [1.54, 1.807) is 6.20 Å². The quantitative estimate of drug-likeness (QED) is 0.864. The maximum atomic E-state index is 9.04. The lowest BCUT2D eigenvalue weighted by atomic mass is 10.1. The van der Waals surface area contributed by atoms with Gasteiger partial charge in [0.2, 0.25) is 0 Å². The standard InChI is InChI=1S/C12H10IN3/c1-2-15-11-8(6-14)7-16-12-9(11)4-3-5-10(12)13/h3-5,7H,2H2,1H3,(H,15,16). The van der Waals surface area contributed by atoms with Gasteiger partial charge in [-0.25, -0.2) is 0 Å². The molecule has 0 amide bonds. The molecule has 16 heavy (non-hydrogen) atoms. The molecule has 1 N–H and O–H groups in total. The third-order valence-corrected chi connectivity index (χ3v) is 3.19. The first-order valence-corrected chi connectivity index (χ1v) is 6.07. The van der Waals surface area contributed by atoms with Gasteiger partial charge in [0.05, 0.1) is 16.8 Å². The van der Waals surface area contributed by atoms with Crippen LogP contribution in [0.15, 0.2) is 24.4 Å². The van der Waals surface area contributed by atoms with Crippen LogP contribution in [0.3, 0.4) is 0 Å². The van der Waals surface area contributed by atoms with Crippen LogP contribution >= 0.6 is 22.6 Å². The van der Waals surface area contributed by atoms with Crippen LogP contribution in [-0.4, -0.2) is 11.5 Å². The molecule has 0 fully saturated rings. The number of nitriles is 1. The van der Waals surface area contributed by atoms with E-state index in [-0.39, 0.29) is 0 Å². The van der Waals surface area contributed by atoms with Gasteiger partial charge in [-0.3, -0.25) is 4.98 Å². The minimum absolute atomic E-state index is 0.594. The van der Waals surface area contributed by atoms with Crippen LogP contribution in [0.5, 0.6) is 0 Å². The molecule has 0 spiro atoms. The summed E-state index contributed by atoms with van der Waals surface area (Å²) in [5.74, 6) is 0. The van der Waals surface area contributed by atoms with E-state index in [4.69, 9.17) is 5.26 Å². The molecule has 0 saturated carbocycles. The van der Waals surface area contributed by atoms with Crippen molar-refractivity contribution in [1.29, 1.82) is 5.26 Å². The molecule has 4 heteroatoms. The lowest BCUT2D eigenvalue weighted by Gasteiger charge is -2.09. The first-order chi connectivity index (χ1) is 7.77. The monoisotopic (exact) mass is 323 g/mol. The van der Waals surface area contributed by atoms with Gasteiger partial charge in [0.1, 0.15) is 6.07 Å². The fraction of sp³-hybridized carbons (Fsp3) is 0.167. The number of pyridine rings is 1. The van der Waals surface area contributed by atoms with Crippen molar-refractivity contribution < 1.29 is 0 Å². The van der Waals surface area contributed by atoms with Crippen molar-refractivity contribution in [2.24, 2.45) is 0 Å². The Balaban J connectivity index is 2.80. The van der Waals surface area contributed by atoms with E-state index in [1.165, 1.54) is 0 Å². The van der Waals surface area contributed by atoms with Gasteiger partial charge in [0, 0.05) is 21.7 Å². The Kier molecular flexibility index (Phi) is 3.25. The fourth-order valence-electron chi connectivity index (χ4n) is 1.64. The van der Waals surface area contributed by atoms with E-state index in [1.807, 2.05) is 25.1 Å². The van der Waals surface area contributed by atoms with E-state index < -0.39 is 0 Å².